The fourth-order valence-corrected chi connectivity index (χ4v) is 3.63. The van der Waals surface area contributed by atoms with Crippen LogP contribution in [0, 0.1) is 0 Å². The van der Waals surface area contributed by atoms with Crippen molar-refractivity contribution in [1.82, 2.24) is 4.98 Å². The van der Waals surface area contributed by atoms with E-state index in [2.05, 4.69) is 4.98 Å². The summed E-state index contributed by atoms with van der Waals surface area (Å²) in [6, 6.07) is 19.2. The molecule has 1 aromatic heterocycles. The van der Waals surface area contributed by atoms with E-state index < -0.39 is 15.7 Å². The second-order valence-electron chi connectivity index (χ2n) is 6.61. The van der Waals surface area contributed by atoms with Crippen LogP contribution in [0.5, 0.6) is 5.75 Å². The van der Waals surface area contributed by atoms with Crippen molar-refractivity contribution in [3.05, 3.63) is 78.5 Å². The molecular weight excluding hydrogens is 376 g/mol. The maximum Gasteiger partial charge on any atom is 0.297 e. The lowest BCUT2D eigenvalue weighted by atomic mass is 9.95. The number of methoxy groups -OCH3 is 1. The molecule has 1 heterocycles. The summed E-state index contributed by atoms with van der Waals surface area (Å²) in [5.74, 6) is 0.770. The molecule has 0 amide bonds. The number of benzene rings is 2. The Morgan fingerprint density at radius 1 is 1.00 bits per heavy atom. The van der Waals surface area contributed by atoms with Gasteiger partial charge in [-0.05, 0) is 55.0 Å². The van der Waals surface area contributed by atoms with Gasteiger partial charge < -0.3 is 10.5 Å². The fourth-order valence-electron chi connectivity index (χ4n) is 2.60. The van der Waals surface area contributed by atoms with Gasteiger partial charge in [-0.1, -0.05) is 24.3 Å². The molecule has 0 fully saturated rings. The standard InChI is InChI=1S/C21H22N2O4S/c1-21(22,15-27-28(24,25)19-6-4-3-5-7-19)17-10-13-20(23-14-17)16-8-11-18(26-2)12-9-16/h3-14H,15,22H2,1-2H3. The fraction of sp³-hybridized carbons (Fsp3) is 0.190. The van der Waals surface area contributed by atoms with Gasteiger partial charge in [0.05, 0.1) is 29.8 Å². The molecule has 0 aliphatic rings. The van der Waals surface area contributed by atoms with Gasteiger partial charge in [0.1, 0.15) is 5.75 Å². The molecule has 7 heteroatoms. The Morgan fingerprint density at radius 2 is 1.68 bits per heavy atom. The van der Waals surface area contributed by atoms with Crippen molar-refractivity contribution < 1.29 is 17.3 Å². The number of ether oxygens (including phenoxy) is 1. The SMILES string of the molecule is COc1ccc(-c2ccc(C(C)(N)COS(=O)(=O)c3ccccc3)cn2)cc1. The highest BCUT2D eigenvalue weighted by atomic mass is 32.2. The van der Waals surface area contributed by atoms with E-state index in [0.717, 1.165) is 17.0 Å². The summed E-state index contributed by atoms with van der Waals surface area (Å²) >= 11 is 0. The van der Waals surface area contributed by atoms with Crippen molar-refractivity contribution in [2.24, 2.45) is 5.73 Å². The Hall–Kier alpha value is -2.74. The minimum atomic E-state index is -3.87. The number of rotatable bonds is 7. The van der Waals surface area contributed by atoms with Gasteiger partial charge >= 0.3 is 0 Å². The number of pyridine rings is 1. The molecule has 3 aromatic rings. The molecular formula is C21H22N2O4S. The highest BCUT2D eigenvalue weighted by Crippen LogP contribution is 2.24. The van der Waals surface area contributed by atoms with Crippen LogP contribution in [0.3, 0.4) is 0 Å². The second kappa shape index (κ2) is 8.10. The first-order chi connectivity index (χ1) is 13.3. The van der Waals surface area contributed by atoms with Crippen LogP contribution in [0.15, 0.2) is 77.8 Å². The molecule has 1 atom stereocenters. The van der Waals surface area contributed by atoms with Crippen LogP contribution in [-0.4, -0.2) is 27.1 Å². The summed E-state index contributed by atoms with van der Waals surface area (Å²) in [4.78, 5) is 4.54. The van der Waals surface area contributed by atoms with E-state index in [1.807, 2.05) is 36.4 Å². The van der Waals surface area contributed by atoms with Crippen LogP contribution >= 0.6 is 0 Å². The summed E-state index contributed by atoms with van der Waals surface area (Å²) in [5, 5.41) is 0. The van der Waals surface area contributed by atoms with Crippen molar-refractivity contribution in [2.75, 3.05) is 13.7 Å². The summed E-state index contributed by atoms with van der Waals surface area (Å²) < 4.78 is 34.9. The van der Waals surface area contributed by atoms with Gasteiger partial charge in [-0.15, -0.1) is 0 Å². The quantitative estimate of drug-likeness (QED) is 0.614. The molecule has 0 spiro atoms. The zero-order valence-corrected chi connectivity index (χ0v) is 16.5. The van der Waals surface area contributed by atoms with E-state index in [9.17, 15) is 8.42 Å². The van der Waals surface area contributed by atoms with Gasteiger partial charge in [0, 0.05) is 11.8 Å². The van der Waals surface area contributed by atoms with E-state index in [4.69, 9.17) is 14.7 Å². The molecule has 1 unspecified atom stereocenters. The Bertz CT molecular complexity index is 1020. The van der Waals surface area contributed by atoms with Crippen LogP contribution in [0.2, 0.25) is 0 Å². The van der Waals surface area contributed by atoms with Crippen LogP contribution < -0.4 is 10.5 Å². The summed E-state index contributed by atoms with van der Waals surface area (Å²) in [5.41, 5.74) is 7.67. The van der Waals surface area contributed by atoms with Crippen molar-refractivity contribution in [2.45, 2.75) is 17.4 Å². The zero-order chi connectivity index (χ0) is 20.2. The predicted octanol–water partition coefficient (Wildman–Crippen LogP) is 3.34. The monoisotopic (exact) mass is 398 g/mol. The zero-order valence-electron chi connectivity index (χ0n) is 15.7. The van der Waals surface area contributed by atoms with Gasteiger partial charge in [0.2, 0.25) is 0 Å². The molecule has 146 valence electrons. The molecule has 0 aliphatic carbocycles. The van der Waals surface area contributed by atoms with Crippen LogP contribution in [-0.2, 0) is 19.8 Å². The average molecular weight is 398 g/mol. The Labute approximate surface area is 165 Å². The minimum Gasteiger partial charge on any atom is -0.497 e. The molecule has 3 rings (SSSR count). The maximum atomic E-state index is 12.3. The third-order valence-corrected chi connectivity index (χ3v) is 5.63. The van der Waals surface area contributed by atoms with Crippen molar-refractivity contribution >= 4 is 10.1 Å². The molecule has 2 N–H and O–H groups in total. The molecule has 0 aliphatic heterocycles. The van der Waals surface area contributed by atoms with Crippen LogP contribution in [0.4, 0.5) is 0 Å². The van der Waals surface area contributed by atoms with Crippen LogP contribution in [0.25, 0.3) is 11.3 Å². The number of aromatic nitrogens is 1. The lowest BCUT2D eigenvalue weighted by Crippen LogP contribution is -2.39. The molecule has 0 radical (unpaired) electrons. The number of nitrogens with two attached hydrogens (primary N) is 1. The van der Waals surface area contributed by atoms with E-state index in [1.165, 1.54) is 12.1 Å². The van der Waals surface area contributed by atoms with Gasteiger partial charge in [-0.3, -0.25) is 9.17 Å². The molecule has 2 aromatic carbocycles. The van der Waals surface area contributed by atoms with Crippen molar-refractivity contribution in [1.29, 1.82) is 0 Å². The smallest absolute Gasteiger partial charge is 0.297 e. The number of hydrogen-bond acceptors (Lipinski definition) is 6. The summed E-state index contributed by atoms with van der Waals surface area (Å²) in [6.07, 6.45) is 1.64. The third kappa shape index (κ3) is 4.56. The van der Waals surface area contributed by atoms with Crippen molar-refractivity contribution in [3.8, 4) is 17.0 Å². The van der Waals surface area contributed by atoms with E-state index in [-0.39, 0.29) is 11.5 Å². The summed E-state index contributed by atoms with van der Waals surface area (Å²) in [7, 11) is -2.26. The number of nitrogens with zero attached hydrogens (tertiary/aromatic N) is 1. The van der Waals surface area contributed by atoms with E-state index in [0.29, 0.717) is 5.56 Å². The third-order valence-electron chi connectivity index (χ3n) is 4.35. The largest absolute Gasteiger partial charge is 0.497 e. The normalized spacial score (nSPS) is 13.7. The molecule has 0 bridgehead atoms. The van der Waals surface area contributed by atoms with E-state index in [1.54, 1.807) is 38.4 Å². The highest BCUT2D eigenvalue weighted by molar-refractivity contribution is 7.86. The van der Waals surface area contributed by atoms with Crippen LogP contribution in [0.1, 0.15) is 12.5 Å². The molecule has 6 nitrogen and oxygen atoms in total. The van der Waals surface area contributed by atoms with Gasteiger partial charge in [-0.25, -0.2) is 0 Å². The van der Waals surface area contributed by atoms with Gasteiger partial charge in [0.25, 0.3) is 10.1 Å². The lowest BCUT2D eigenvalue weighted by Gasteiger charge is -2.24. The van der Waals surface area contributed by atoms with Gasteiger partial charge in [-0.2, -0.15) is 8.42 Å². The topological polar surface area (TPSA) is 91.5 Å². The molecule has 0 saturated carbocycles. The molecule has 0 saturated heterocycles. The predicted molar refractivity (Wildman–Crippen MR) is 107 cm³/mol. The Balaban J connectivity index is 1.73. The first kappa shape index (κ1) is 20.0. The molecule has 28 heavy (non-hydrogen) atoms. The Morgan fingerprint density at radius 3 is 2.25 bits per heavy atom. The van der Waals surface area contributed by atoms with E-state index >= 15 is 0 Å². The first-order valence-corrected chi connectivity index (χ1v) is 10.1. The van der Waals surface area contributed by atoms with Gasteiger partial charge in [0.15, 0.2) is 0 Å². The highest BCUT2D eigenvalue weighted by Gasteiger charge is 2.26. The summed E-state index contributed by atoms with van der Waals surface area (Å²) in [6.45, 7) is 1.51. The Kier molecular flexibility index (Phi) is 5.79. The average Bonchev–Trinajstić information content (AvgIpc) is 2.73. The minimum absolute atomic E-state index is 0.0961. The second-order valence-corrected chi connectivity index (χ2v) is 8.22. The lowest BCUT2D eigenvalue weighted by molar-refractivity contribution is 0.237. The van der Waals surface area contributed by atoms with Crippen molar-refractivity contribution in [3.63, 3.8) is 0 Å². The first-order valence-electron chi connectivity index (χ1n) is 8.66. The maximum absolute atomic E-state index is 12.3. The number of hydrogen-bond donors (Lipinski definition) is 1.